The van der Waals surface area contributed by atoms with Gasteiger partial charge in [-0.05, 0) is 40.0 Å². The van der Waals surface area contributed by atoms with E-state index in [1.54, 1.807) is 0 Å². The minimum atomic E-state index is -1.80. The smallest absolute Gasteiger partial charge is 0.273 e. The van der Waals surface area contributed by atoms with E-state index in [9.17, 15) is 0 Å². The number of hydrogen-bond donors (Lipinski definition) is 0. The standard InChI is InChI=1S/C10H22O2Si2/c1-9(2)11-13(5,6)14(7,8)12-10(3)4/h1,3H2,2,4-8H3. The lowest BCUT2D eigenvalue weighted by atomic mass is 10.7. The van der Waals surface area contributed by atoms with Crippen molar-refractivity contribution < 1.29 is 8.85 Å². The van der Waals surface area contributed by atoms with Gasteiger partial charge in [0, 0.05) is 0 Å². The molecule has 0 bridgehead atoms. The predicted molar refractivity (Wildman–Crippen MR) is 66.8 cm³/mol. The molecule has 0 aliphatic rings. The van der Waals surface area contributed by atoms with Gasteiger partial charge in [-0.15, -0.1) is 0 Å². The van der Waals surface area contributed by atoms with Gasteiger partial charge in [0.15, 0.2) is 0 Å². The lowest BCUT2D eigenvalue weighted by molar-refractivity contribution is 0.396. The van der Waals surface area contributed by atoms with Crippen LogP contribution < -0.4 is 0 Å². The molecule has 0 rings (SSSR count). The van der Waals surface area contributed by atoms with E-state index < -0.39 is 15.7 Å². The summed E-state index contributed by atoms with van der Waals surface area (Å²) in [5.74, 6) is 1.57. The molecule has 82 valence electrons. The summed E-state index contributed by atoms with van der Waals surface area (Å²) < 4.78 is 11.7. The Labute approximate surface area is 89.7 Å². The van der Waals surface area contributed by atoms with Crippen molar-refractivity contribution >= 4 is 15.7 Å². The highest BCUT2D eigenvalue weighted by Crippen LogP contribution is 2.25. The summed E-state index contributed by atoms with van der Waals surface area (Å²) >= 11 is 0. The summed E-state index contributed by atoms with van der Waals surface area (Å²) in [6.45, 7) is 20.1. The van der Waals surface area contributed by atoms with Gasteiger partial charge in [0.1, 0.15) is 0 Å². The van der Waals surface area contributed by atoms with Gasteiger partial charge in [-0.1, -0.05) is 13.2 Å². The minimum Gasteiger partial charge on any atom is -0.546 e. The van der Waals surface area contributed by atoms with E-state index in [4.69, 9.17) is 8.85 Å². The Morgan fingerprint density at radius 2 is 1.00 bits per heavy atom. The molecule has 4 heteroatoms. The highest BCUT2D eigenvalue weighted by Gasteiger charge is 2.48. The van der Waals surface area contributed by atoms with Crippen LogP contribution in [0.4, 0.5) is 0 Å². The molecule has 0 spiro atoms. The molecule has 0 N–H and O–H groups in total. The number of allylic oxidation sites excluding steroid dienone is 2. The maximum atomic E-state index is 5.84. The van der Waals surface area contributed by atoms with E-state index >= 15 is 0 Å². The van der Waals surface area contributed by atoms with E-state index in [0.29, 0.717) is 0 Å². The molecule has 0 atom stereocenters. The van der Waals surface area contributed by atoms with Crippen LogP contribution in [0.5, 0.6) is 0 Å². The first-order valence-corrected chi connectivity index (χ1v) is 11.6. The average Bonchev–Trinajstić information content (AvgIpc) is 1.78. The SMILES string of the molecule is C=C(C)O[Si](C)(C)[Si](C)(C)OC(=C)C. The first kappa shape index (κ1) is 13.5. The maximum Gasteiger partial charge on any atom is 0.273 e. The van der Waals surface area contributed by atoms with Crippen molar-refractivity contribution in [3.63, 3.8) is 0 Å². The Morgan fingerprint density at radius 3 is 1.14 bits per heavy atom. The number of rotatable bonds is 5. The van der Waals surface area contributed by atoms with Crippen LogP contribution in [0.1, 0.15) is 13.8 Å². The average molecular weight is 230 g/mol. The van der Waals surface area contributed by atoms with Crippen LogP contribution in [-0.4, -0.2) is 15.7 Å². The molecule has 0 unspecified atom stereocenters. The normalized spacial score (nSPS) is 12.1. The lowest BCUT2D eigenvalue weighted by Crippen LogP contribution is -2.58. The summed E-state index contributed by atoms with van der Waals surface area (Å²) in [5.41, 5.74) is 0. The van der Waals surface area contributed by atoms with Crippen molar-refractivity contribution in [3.05, 3.63) is 24.7 Å². The lowest BCUT2D eigenvalue weighted by Gasteiger charge is -2.37. The quantitative estimate of drug-likeness (QED) is 0.531. The van der Waals surface area contributed by atoms with Crippen molar-refractivity contribution in [3.8, 4) is 0 Å². The molecule has 0 aromatic carbocycles. The van der Waals surface area contributed by atoms with Crippen LogP contribution in [0.25, 0.3) is 0 Å². The van der Waals surface area contributed by atoms with E-state index in [-0.39, 0.29) is 0 Å². The molecule has 0 heterocycles. The van der Waals surface area contributed by atoms with Crippen LogP contribution in [0.15, 0.2) is 24.7 Å². The second-order valence-corrected chi connectivity index (χ2v) is 18.3. The Bertz CT molecular complexity index is 219. The summed E-state index contributed by atoms with van der Waals surface area (Å²) in [6.07, 6.45) is 0. The summed E-state index contributed by atoms with van der Waals surface area (Å²) in [7, 11) is -3.60. The number of hydrogen-bond acceptors (Lipinski definition) is 2. The van der Waals surface area contributed by atoms with Crippen LogP contribution in [0.2, 0.25) is 26.2 Å². The Hall–Kier alpha value is -0.486. The van der Waals surface area contributed by atoms with E-state index in [2.05, 4.69) is 39.3 Å². The molecule has 0 aromatic rings. The van der Waals surface area contributed by atoms with Gasteiger partial charge in [0.2, 0.25) is 0 Å². The topological polar surface area (TPSA) is 18.5 Å². The van der Waals surface area contributed by atoms with Gasteiger partial charge < -0.3 is 8.85 Å². The van der Waals surface area contributed by atoms with Crippen molar-refractivity contribution in [2.45, 2.75) is 40.0 Å². The zero-order valence-electron chi connectivity index (χ0n) is 10.2. The first-order valence-electron chi connectivity index (χ1n) is 4.77. The molecular weight excluding hydrogens is 208 g/mol. The molecule has 2 nitrogen and oxygen atoms in total. The van der Waals surface area contributed by atoms with Crippen LogP contribution in [0.3, 0.4) is 0 Å². The third kappa shape index (κ3) is 3.71. The Kier molecular flexibility index (Phi) is 4.21. The fraction of sp³-hybridized carbons (Fsp3) is 0.600. The van der Waals surface area contributed by atoms with Gasteiger partial charge in [-0.3, -0.25) is 0 Å². The molecule has 0 radical (unpaired) electrons. The highest BCUT2D eigenvalue weighted by atomic mass is 29.3. The van der Waals surface area contributed by atoms with Gasteiger partial charge in [0.05, 0.1) is 11.5 Å². The highest BCUT2D eigenvalue weighted by molar-refractivity contribution is 7.35. The van der Waals surface area contributed by atoms with Gasteiger partial charge in [0.25, 0.3) is 15.7 Å². The molecule has 14 heavy (non-hydrogen) atoms. The molecule has 0 saturated heterocycles. The van der Waals surface area contributed by atoms with Crippen molar-refractivity contribution in [2.24, 2.45) is 0 Å². The fourth-order valence-electron chi connectivity index (χ4n) is 1.12. The molecule has 0 aromatic heterocycles. The third-order valence-electron chi connectivity index (χ3n) is 2.31. The second-order valence-electron chi connectivity index (χ2n) is 4.63. The largest absolute Gasteiger partial charge is 0.546 e. The van der Waals surface area contributed by atoms with Gasteiger partial charge >= 0.3 is 0 Å². The van der Waals surface area contributed by atoms with Gasteiger partial charge in [-0.2, -0.15) is 0 Å². The zero-order chi connectivity index (χ0) is 11.6. The van der Waals surface area contributed by atoms with Crippen LogP contribution in [-0.2, 0) is 8.85 Å². The van der Waals surface area contributed by atoms with Gasteiger partial charge in [-0.25, -0.2) is 0 Å². The summed E-state index contributed by atoms with van der Waals surface area (Å²) in [4.78, 5) is 0. The van der Waals surface area contributed by atoms with E-state index in [1.165, 1.54) is 0 Å². The molecule has 0 aliphatic heterocycles. The van der Waals surface area contributed by atoms with Crippen LogP contribution >= 0.6 is 0 Å². The van der Waals surface area contributed by atoms with Crippen molar-refractivity contribution in [2.75, 3.05) is 0 Å². The molecule has 0 aliphatic carbocycles. The molecule has 0 fully saturated rings. The predicted octanol–water partition coefficient (Wildman–Crippen LogP) is 3.58. The third-order valence-corrected chi connectivity index (χ3v) is 16.2. The Morgan fingerprint density at radius 1 is 0.786 bits per heavy atom. The van der Waals surface area contributed by atoms with E-state index in [0.717, 1.165) is 11.5 Å². The summed E-state index contributed by atoms with van der Waals surface area (Å²) in [6, 6.07) is 0. The summed E-state index contributed by atoms with van der Waals surface area (Å²) in [5, 5.41) is 0. The van der Waals surface area contributed by atoms with E-state index in [1.807, 2.05) is 13.8 Å². The molecular formula is C10H22O2Si2. The van der Waals surface area contributed by atoms with Crippen molar-refractivity contribution in [1.29, 1.82) is 0 Å². The first-order chi connectivity index (χ1) is 6.08. The fourth-order valence-corrected chi connectivity index (χ4v) is 5.87. The maximum absolute atomic E-state index is 5.84. The molecule has 0 amide bonds. The monoisotopic (exact) mass is 230 g/mol. The van der Waals surface area contributed by atoms with Crippen molar-refractivity contribution in [1.82, 2.24) is 0 Å². The zero-order valence-corrected chi connectivity index (χ0v) is 12.2. The second kappa shape index (κ2) is 4.36. The Balaban J connectivity index is 4.67. The molecule has 0 saturated carbocycles. The minimum absolute atomic E-state index is 0.785. The van der Waals surface area contributed by atoms with Crippen LogP contribution in [0, 0.1) is 0 Å².